The van der Waals surface area contributed by atoms with Crippen molar-refractivity contribution in [3.63, 3.8) is 0 Å². The van der Waals surface area contributed by atoms with Gasteiger partial charge in [0.05, 0.1) is 6.61 Å². The Labute approximate surface area is 118 Å². The Morgan fingerprint density at radius 1 is 1.26 bits per heavy atom. The number of carbonyl (C=O) groups is 1. The SMILES string of the molecule is CCCCCCCCOc1nc(Cl)ccc1C(=O)O. The summed E-state index contributed by atoms with van der Waals surface area (Å²) in [5.41, 5.74) is 0.0513. The minimum atomic E-state index is -1.05. The van der Waals surface area contributed by atoms with E-state index in [9.17, 15) is 4.79 Å². The maximum atomic E-state index is 11.0. The quantitative estimate of drug-likeness (QED) is 0.546. The average Bonchev–Trinajstić information content (AvgIpc) is 2.37. The largest absolute Gasteiger partial charge is 0.477 e. The molecule has 0 saturated carbocycles. The highest BCUT2D eigenvalue weighted by atomic mass is 35.5. The molecule has 19 heavy (non-hydrogen) atoms. The summed E-state index contributed by atoms with van der Waals surface area (Å²) in [6, 6.07) is 2.86. The van der Waals surface area contributed by atoms with Crippen molar-refractivity contribution in [2.75, 3.05) is 6.61 Å². The number of nitrogens with zero attached hydrogens (tertiary/aromatic N) is 1. The summed E-state index contributed by atoms with van der Waals surface area (Å²) in [6.45, 7) is 2.65. The second-order valence-corrected chi connectivity index (χ2v) is 4.80. The zero-order valence-electron chi connectivity index (χ0n) is 11.2. The van der Waals surface area contributed by atoms with E-state index in [0.717, 1.165) is 12.8 Å². The lowest BCUT2D eigenvalue weighted by Gasteiger charge is -2.08. The number of ether oxygens (including phenoxy) is 1. The maximum Gasteiger partial charge on any atom is 0.341 e. The zero-order chi connectivity index (χ0) is 14.1. The molecule has 1 rings (SSSR count). The first-order valence-electron chi connectivity index (χ1n) is 6.67. The number of pyridine rings is 1. The van der Waals surface area contributed by atoms with Crippen LogP contribution in [0.2, 0.25) is 5.15 Å². The van der Waals surface area contributed by atoms with E-state index in [1.165, 1.54) is 37.8 Å². The summed E-state index contributed by atoms with van der Waals surface area (Å²) in [4.78, 5) is 14.9. The molecule has 0 atom stereocenters. The molecule has 5 heteroatoms. The molecule has 0 unspecified atom stereocenters. The maximum absolute atomic E-state index is 11.0. The van der Waals surface area contributed by atoms with Gasteiger partial charge in [-0.15, -0.1) is 0 Å². The van der Waals surface area contributed by atoms with Crippen LogP contribution in [0.15, 0.2) is 12.1 Å². The van der Waals surface area contributed by atoms with Crippen LogP contribution in [0.3, 0.4) is 0 Å². The summed E-state index contributed by atoms with van der Waals surface area (Å²) in [7, 11) is 0. The molecule has 0 fully saturated rings. The number of rotatable bonds is 9. The van der Waals surface area contributed by atoms with Gasteiger partial charge in [0.2, 0.25) is 5.88 Å². The fraction of sp³-hybridized carbons (Fsp3) is 0.571. The molecule has 0 amide bonds. The molecule has 0 aliphatic carbocycles. The molecule has 0 aliphatic rings. The molecule has 0 aliphatic heterocycles. The fourth-order valence-corrected chi connectivity index (χ4v) is 1.88. The molecule has 0 radical (unpaired) electrons. The van der Waals surface area contributed by atoms with Gasteiger partial charge in [-0.1, -0.05) is 50.6 Å². The molecule has 106 valence electrons. The Kier molecular flexibility index (Phi) is 7.26. The van der Waals surface area contributed by atoms with Crippen molar-refractivity contribution in [1.82, 2.24) is 4.98 Å². The Morgan fingerprint density at radius 3 is 2.63 bits per heavy atom. The van der Waals surface area contributed by atoms with E-state index in [1.807, 2.05) is 0 Å². The molecular weight excluding hydrogens is 266 g/mol. The van der Waals surface area contributed by atoms with Crippen LogP contribution in [0.5, 0.6) is 5.88 Å². The minimum absolute atomic E-state index is 0.0513. The number of carboxylic acids is 1. The van der Waals surface area contributed by atoms with Gasteiger partial charge in [-0.05, 0) is 18.6 Å². The molecule has 0 spiro atoms. The topological polar surface area (TPSA) is 59.4 Å². The van der Waals surface area contributed by atoms with Crippen LogP contribution in [0.4, 0.5) is 0 Å². The lowest BCUT2D eigenvalue weighted by atomic mass is 10.1. The number of hydrogen-bond donors (Lipinski definition) is 1. The van der Waals surface area contributed by atoms with Crippen LogP contribution >= 0.6 is 11.6 Å². The van der Waals surface area contributed by atoms with E-state index in [1.54, 1.807) is 0 Å². The molecule has 0 bridgehead atoms. The highest BCUT2D eigenvalue weighted by molar-refractivity contribution is 6.29. The van der Waals surface area contributed by atoms with Crippen molar-refractivity contribution in [3.8, 4) is 5.88 Å². The number of aromatic carboxylic acids is 1. The Morgan fingerprint density at radius 2 is 1.95 bits per heavy atom. The Balaban J connectivity index is 2.36. The summed E-state index contributed by atoms with van der Waals surface area (Å²) < 4.78 is 5.41. The number of aromatic nitrogens is 1. The van der Waals surface area contributed by atoms with Crippen molar-refractivity contribution in [2.45, 2.75) is 45.4 Å². The molecular formula is C14H20ClNO3. The normalized spacial score (nSPS) is 10.4. The third-order valence-electron chi connectivity index (χ3n) is 2.79. The second kappa shape index (κ2) is 8.75. The first-order chi connectivity index (χ1) is 9.15. The molecule has 1 N–H and O–H groups in total. The molecule has 1 heterocycles. The lowest BCUT2D eigenvalue weighted by Crippen LogP contribution is -2.06. The highest BCUT2D eigenvalue weighted by Crippen LogP contribution is 2.19. The number of carboxylic acid groups (broad SMARTS) is 1. The van der Waals surface area contributed by atoms with Crippen LogP contribution in [0.25, 0.3) is 0 Å². The first-order valence-corrected chi connectivity index (χ1v) is 7.05. The monoisotopic (exact) mass is 285 g/mol. The van der Waals surface area contributed by atoms with Crippen molar-refractivity contribution >= 4 is 17.6 Å². The number of unbranched alkanes of at least 4 members (excludes halogenated alkanes) is 5. The van der Waals surface area contributed by atoms with Crippen LogP contribution < -0.4 is 4.74 Å². The Hall–Kier alpha value is -1.29. The van der Waals surface area contributed by atoms with E-state index >= 15 is 0 Å². The van der Waals surface area contributed by atoms with E-state index in [0.29, 0.717) is 6.61 Å². The van der Waals surface area contributed by atoms with Crippen molar-refractivity contribution in [3.05, 3.63) is 22.8 Å². The van der Waals surface area contributed by atoms with Crippen LogP contribution in [0, 0.1) is 0 Å². The predicted molar refractivity (Wildman–Crippen MR) is 75.1 cm³/mol. The van der Waals surface area contributed by atoms with Gasteiger partial charge in [0.25, 0.3) is 0 Å². The molecule has 0 saturated heterocycles. The molecule has 0 aromatic carbocycles. The van der Waals surface area contributed by atoms with Crippen molar-refractivity contribution in [2.24, 2.45) is 0 Å². The lowest BCUT2D eigenvalue weighted by molar-refractivity contribution is 0.0691. The van der Waals surface area contributed by atoms with Crippen LogP contribution in [-0.2, 0) is 0 Å². The van der Waals surface area contributed by atoms with Gasteiger partial charge >= 0.3 is 5.97 Å². The highest BCUT2D eigenvalue weighted by Gasteiger charge is 2.13. The second-order valence-electron chi connectivity index (χ2n) is 4.41. The average molecular weight is 286 g/mol. The first kappa shape index (κ1) is 15.8. The summed E-state index contributed by atoms with van der Waals surface area (Å²) in [5, 5.41) is 9.23. The van der Waals surface area contributed by atoms with Gasteiger partial charge in [0.1, 0.15) is 10.7 Å². The molecule has 1 aromatic heterocycles. The van der Waals surface area contributed by atoms with E-state index in [2.05, 4.69) is 11.9 Å². The molecule has 1 aromatic rings. The van der Waals surface area contributed by atoms with Gasteiger partial charge in [0, 0.05) is 0 Å². The number of halogens is 1. The third kappa shape index (κ3) is 5.92. The van der Waals surface area contributed by atoms with E-state index < -0.39 is 5.97 Å². The van der Waals surface area contributed by atoms with Gasteiger partial charge in [-0.2, -0.15) is 0 Å². The van der Waals surface area contributed by atoms with Gasteiger partial charge in [-0.3, -0.25) is 0 Å². The van der Waals surface area contributed by atoms with Gasteiger partial charge < -0.3 is 9.84 Å². The van der Waals surface area contributed by atoms with Gasteiger partial charge in [-0.25, -0.2) is 9.78 Å². The van der Waals surface area contributed by atoms with Crippen molar-refractivity contribution in [1.29, 1.82) is 0 Å². The van der Waals surface area contributed by atoms with E-state index in [-0.39, 0.29) is 16.6 Å². The standard InChI is InChI=1S/C14H20ClNO3/c1-2-3-4-5-6-7-10-19-13-11(14(17)18)8-9-12(15)16-13/h8-9H,2-7,10H2,1H3,(H,17,18). The van der Waals surface area contributed by atoms with Gasteiger partial charge in [0.15, 0.2) is 0 Å². The Bertz CT molecular complexity index is 410. The van der Waals surface area contributed by atoms with Crippen LogP contribution in [-0.4, -0.2) is 22.7 Å². The minimum Gasteiger partial charge on any atom is -0.477 e. The van der Waals surface area contributed by atoms with E-state index in [4.69, 9.17) is 21.4 Å². The predicted octanol–water partition coefficient (Wildman–Crippen LogP) is 4.17. The third-order valence-corrected chi connectivity index (χ3v) is 3.00. The van der Waals surface area contributed by atoms with Crippen LogP contribution in [0.1, 0.15) is 55.8 Å². The summed E-state index contributed by atoms with van der Waals surface area (Å²) in [5.74, 6) is -0.948. The summed E-state index contributed by atoms with van der Waals surface area (Å²) in [6.07, 6.45) is 6.91. The summed E-state index contributed by atoms with van der Waals surface area (Å²) >= 11 is 5.73. The molecule has 4 nitrogen and oxygen atoms in total. The number of hydrogen-bond acceptors (Lipinski definition) is 3. The fourth-order valence-electron chi connectivity index (χ4n) is 1.74. The smallest absolute Gasteiger partial charge is 0.341 e. The van der Waals surface area contributed by atoms with Crippen molar-refractivity contribution < 1.29 is 14.6 Å². The zero-order valence-corrected chi connectivity index (χ0v) is 11.9.